The normalized spacial score (nSPS) is 18.1. The third-order valence-electron chi connectivity index (χ3n) is 11.6. The molecule has 6 aromatic rings. The predicted molar refractivity (Wildman–Crippen MR) is 218 cm³/mol. The summed E-state index contributed by atoms with van der Waals surface area (Å²) in [5, 5.41) is 11.1. The second kappa shape index (κ2) is 15.7. The van der Waals surface area contributed by atoms with Gasteiger partial charge in [0.15, 0.2) is 6.10 Å². The number of phenolic OH excluding ortho intramolecular Hbond substituents is 1. The first-order valence-electron chi connectivity index (χ1n) is 19.6. The molecule has 9 rings (SSSR count). The molecule has 7 heterocycles. The molecule has 0 spiro atoms. The first-order chi connectivity index (χ1) is 28.3. The zero-order chi connectivity index (χ0) is 39.9. The molecule has 298 valence electrons. The summed E-state index contributed by atoms with van der Waals surface area (Å²) in [6.45, 7) is 4.50. The number of carbonyl (C=O) groups is 2. The number of anilines is 2. The highest BCUT2D eigenvalue weighted by atomic mass is 16.6. The van der Waals surface area contributed by atoms with Gasteiger partial charge in [0.25, 0.3) is 17.8 Å². The van der Waals surface area contributed by atoms with Gasteiger partial charge < -0.3 is 37.8 Å². The van der Waals surface area contributed by atoms with E-state index in [-0.39, 0.29) is 23.6 Å². The lowest BCUT2D eigenvalue weighted by molar-refractivity contribution is -0.132. The summed E-state index contributed by atoms with van der Waals surface area (Å²) in [7, 11) is 5.44. The third-order valence-corrected chi connectivity index (χ3v) is 11.6. The van der Waals surface area contributed by atoms with E-state index in [1.807, 2.05) is 64.7 Å². The minimum atomic E-state index is -0.898. The summed E-state index contributed by atoms with van der Waals surface area (Å²) in [5.41, 5.74) is 7.11. The lowest BCUT2D eigenvalue weighted by Crippen LogP contribution is -2.52. The Hall–Kier alpha value is -6.15. The fourth-order valence-corrected chi connectivity index (χ4v) is 8.52. The number of amides is 2. The molecule has 1 N–H and O–H groups in total. The summed E-state index contributed by atoms with van der Waals surface area (Å²) in [4.78, 5) is 41.1. The largest absolute Gasteiger partial charge is 0.508 e. The molecule has 2 aromatic carbocycles. The summed E-state index contributed by atoms with van der Waals surface area (Å²) in [6.07, 6.45) is 7.27. The maximum atomic E-state index is 15.2. The highest BCUT2D eigenvalue weighted by molar-refractivity contribution is 6.12. The van der Waals surface area contributed by atoms with Crippen molar-refractivity contribution in [2.24, 2.45) is 14.1 Å². The van der Waals surface area contributed by atoms with E-state index in [2.05, 4.69) is 23.1 Å². The Balaban J connectivity index is 1.13. The number of fused-ring (bicyclic) bond motifs is 3. The van der Waals surface area contributed by atoms with Crippen molar-refractivity contribution in [2.75, 3.05) is 51.5 Å². The number of hydrogen-bond donors (Lipinski definition) is 1. The van der Waals surface area contributed by atoms with Crippen LogP contribution >= 0.6 is 0 Å². The fraction of sp³-hybridized carbons (Fsp3) is 0.311. The quantitative estimate of drug-likeness (QED) is 0.173. The van der Waals surface area contributed by atoms with Crippen LogP contribution in [0.15, 0.2) is 101 Å². The summed E-state index contributed by atoms with van der Waals surface area (Å²) in [6, 6.07) is 22.3. The molecule has 2 atom stereocenters. The molecule has 13 nitrogen and oxygen atoms in total. The number of carbonyl (C=O) groups excluding carboxylic acids is 2. The maximum absolute atomic E-state index is 15.2. The van der Waals surface area contributed by atoms with Crippen molar-refractivity contribution in [3.05, 3.63) is 131 Å². The Kier molecular flexibility index (Phi) is 10.1. The van der Waals surface area contributed by atoms with Crippen LogP contribution in [0.25, 0.3) is 17.1 Å². The van der Waals surface area contributed by atoms with Gasteiger partial charge in [-0.1, -0.05) is 24.3 Å². The number of morpholine rings is 1. The molecule has 1 saturated heterocycles. The van der Waals surface area contributed by atoms with Crippen molar-refractivity contribution in [1.29, 1.82) is 0 Å². The second-order valence-corrected chi connectivity index (χ2v) is 15.2. The van der Waals surface area contributed by atoms with E-state index < -0.39 is 6.10 Å². The molecule has 0 bridgehead atoms. The van der Waals surface area contributed by atoms with Gasteiger partial charge in [-0.15, -0.1) is 0 Å². The highest BCUT2D eigenvalue weighted by Gasteiger charge is 2.40. The number of furan rings is 1. The molecule has 0 radical (unpaired) electrons. The van der Waals surface area contributed by atoms with Crippen LogP contribution in [0.4, 0.5) is 11.4 Å². The number of aromatic hydroxyl groups is 1. The Morgan fingerprint density at radius 3 is 2.57 bits per heavy atom. The van der Waals surface area contributed by atoms with Crippen LogP contribution in [0.3, 0.4) is 0 Å². The van der Waals surface area contributed by atoms with Gasteiger partial charge >= 0.3 is 0 Å². The zero-order valence-corrected chi connectivity index (χ0v) is 32.8. The Bertz CT molecular complexity index is 2510. The van der Waals surface area contributed by atoms with Crippen molar-refractivity contribution in [1.82, 2.24) is 23.9 Å². The molecular weight excluding hydrogens is 737 g/mol. The number of rotatable bonds is 10. The molecule has 2 amide bonds. The van der Waals surface area contributed by atoms with Crippen LogP contribution in [-0.4, -0.2) is 93.4 Å². The van der Waals surface area contributed by atoms with Crippen LogP contribution < -0.4 is 9.64 Å². The van der Waals surface area contributed by atoms with Gasteiger partial charge in [0.2, 0.25) is 0 Å². The number of nitrogens with zero attached hydrogens (tertiary/aromatic N) is 6. The highest BCUT2D eigenvalue weighted by Crippen LogP contribution is 2.42. The van der Waals surface area contributed by atoms with E-state index >= 15 is 9.59 Å². The fourth-order valence-electron chi connectivity index (χ4n) is 8.52. The molecule has 0 saturated carbocycles. The Morgan fingerprint density at radius 1 is 0.983 bits per heavy atom. The van der Waals surface area contributed by atoms with Gasteiger partial charge in [-0.05, 0) is 72.2 Å². The maximum Gasteiger partial charge on any atom is 0.292 e. The minimum Gasteiger partial charge on any atom is -0.508 e. The molecule has 58 heavy (non-hydrogen) atoms. The molecule has 13 heteroatoms. The van der Waals surface area contributed by atoms with Crippen LogP contribution in [-0.2, 0) is 47.8 Å². The van der Waals surface area contributed by atoms with Gasteiger partial charge in [-0.3, -0.25) is 19.4 Å². The number of pyridine rings is 1. The van der Waals surface area contributed by atoms with Crippen LogP contribution in [0.2, 0.25) is 0 Å². The number of aromatic nitrogens is 3. The standard InChI is InChI=1S/C45H46N6O7/c1-47-15-12-30-23-34(26-46-42(30)47)51(33-8-10-36(52)11-9-33)44(54)37-25-40(48(2)39(37)14-18-55-3)41-38(24-31-13-19-57-45(31)58-41)43(53)50-27-32-7-5-4-6-29(32)22-35(50)28-49-16-20-56-21-17-49/h4-13,15,19,23-26,35,41,52H,14,16-18,20-22,27-28H2,1-3H3/t35-,41?/m0/s1. The van der Waals surface area contributed by atoms with E-state index in [0.29, 0.717) is 78.2 Å². The molecule has 1 fully saturated rings. The van der Waals surface area contributed by atoms with Gasteiger partial charge in [-0.25, -0.2) is 4.98 Å². The van der Waals surface area contributed by atoms with Gasteiger partial charge in [0, 0.05) is 82.8 Å². The summed E-state index contributed by atoms with van der Waals surface area (Å²) >= 11 is 0. The molecule has 3 aliphatic rings. The lowest BCUT2D eigenvalue weighted by atomic mass is 9.91. The SMILES string of the molecule is COCCc1c(C(=O)N(c2ccc(O)cc2)c2cnc3c(ccn3C)c2)cc(C2Oc3occc3C=C2C(=O)N2Cc3ccccc3C[C@H]2CN2CCOCC2)n1C. The first kappa shape index (κ1) is 37.4. The minimum absolute atomic E-state index is 0.0787. The van der Waals surface area contributed by atoms with E-state index in [1.54, 1.807) is 54.8 Å². The molecule has 0 aliphatic carbocycles. The third kappa shape index (κ3) is 6.95. The number of methoxy groups -OCH3 is 1. The van der Waals surface area contributed by atoms with E-state index in [9.17, 15) is 5.11 Å². The molecule has 1 unspecified atom stereocenters. The van der Waals surface area contributed by atoms with Crippen molar-refractivity contribution >= 4 is 40.3 Å². The number of hydrogen-bond acceptors (Lipinski definition) is 9. The summed E-state index contributed by atoms with van der Waals surface area (Å²) in [5.74, 6) is -0.0723. The average molecular weight is 783 g/mol. The molecule has 3 aliphatic heterocycles. The van der Waals surface area contributed by atoms with Crippen molar-refractivity contribution in [2.45, 2.75) is 31.5 Å². The number of aryl methyl sites for hydroxylation is 1. The van der Waals surface area contributed by atoms with Crippen molar-refractivity contribution in [3.8, 4) is 11.7 Å². The summed E-state index contributed by atoms with van der Waals surface area (Å²) < 4.78 is 27.5. The van der Waals surface area contributed by atoms with Gasteiger partial charge in [0.05, 0.1) is 60.4 Å². The van der Waals surface area contributed by atoms with Crippen LogP contribution in [0, 0.1) is 0 Å². The molecular formula is C45H46N6O7. The van der Waals surface area contributed by atoms with Crippen LogP contribution in [0.1, 0.15) is 44.5 Å². The van der Waals surface area contributed by atoms with E-state index in [4.69, 9.17) is 23.6 Å². The number of benzene rings is 2. The second-order valence-electron chi connectivity index (χ2n) is 15.2. The first-order valence-corrected chi connectivity index (χ1v) is 19.6. The van der Waals surface area contributed by atoms with Crippen molar-refractivity contribution in [3.63, 3.8) is 0 Å². The average Bonchev–Trinajstić information content (AvgIpc) is 3.96. The predicted octanol–water partition coefficient (Wildman–Crippen LogP) is 6.18. The topological polar surface area (TPSA) is 128 Å². The van der Waals surface area contributed by atoms with Crippen molar-refractivity contribution < 1.29 is 33.3 Å². The zero-order valence-electron chi connectivity index (χ0n) is 32.8. The Labute approximate surface area is 336 Å². The van der Waals surface area contributed by atoms with E-state index in [0.717, 1.165) is 42.7 Å². The van der Waals surface area contributed by atoms with Gasteiger partial charge in [-0.2, -0.15) is 0 Å². The number of phenols is 1. The van der Waals surface area contributed by atoms with Gasteiger partial charge in [0.1, 0.15) is 11.4 Å². The monoisotopic (exact) mass is 782 g/mol. The Morgan fingerprint density at radius 2 is 1.78 bits per heavy atom. The van der Waals surface area contributed by atoms with E-state index in [1.165, 1.54) is 5.56 Å². The molecule has 4 aromatic heterocycles. The van der Waals surface area contributed by atoms with Crippen LogP contribution in [0.5, 0.6) is 11.7 Å². The number of ether oxygens (including phenoxy) is 3. The lowest BCUT2D eigenvalue weighted by Gasteiger charge is -2.41. The smallest absolute Gasteiger partial charge is 0.292 e.